The van der Waals surface area contributed by atoms with Gasteiger partial charge in [-0.25, -0.2) is 0 Å². The molecule has 1 aliphatic rings. The van der Waals surface area contributed by atoms with Crippen LogP contribution >= 0.6 is 0 Å². The predicted molar refractivity (Wildman–Crippen MR) is 45.8 cm³/mol. The first-order valence-corrected chi connectivity index (χ1v) is 4.24. The maximum Gasteiger partial charge on any atom is 0.130 e. The molecule has 1 heterocycles. The van der Waals surface area contributed by atoms with Crippen LogP contribution in [0.5, 0.6) is 0 Å². The molecule has 62 valence electrons. The number of nitrogens with zero attached hydrogens (tertiary/aromatic N) is 1. The number of rotatable bonds is 2. The Bertz CT molecular complexity index is 277. The number of aldehydes is 1. The molecule has 2 heteroatoms. The van der Waals surface area contributed by atoms with Crippen LogP contribution in [-0.4, -0.2) is 11.3 Å². The molecule has 1 saturated carbocycles. The molecule has 0 radical (unpaired) electrons. The molecule has 0 saturated heterocycles. The van der Waals surface area contributed by atoms with Gasteiger partial charge in [0.05, 0.1) is 5.41 Å². The number of aromatic nitrogens is 1. The number of carbonyl (C=O) groups excluding carboxylic acids is 1. The topological polar surface area (TPSA) is 30.0 Å². The van der Waals surface area contributed by atoms with Crippen LogP contribution in [0.15, 0.2) is 24.5 Å². The van der Waals surface area contributed by atoms with Gasteiger partial charge in [0.25, 0.3) is 0 Å². The van der Waals surface area contributed by atoms with Crippen molar-refractivity contribution in [3.8, 4) is 0 Å². The van der Waals surface area contributed by atoms with Gasteiger partial charge < -0.3 is 4.79 Å². The van der Waals surface area contributed by atoms with Crippen molar-refractivity contribution < 1.29 is 4.79 Å². The molecule has 0 spiro atoms. The highest BCUT2D eigenvalue weighted by atomic mass is 16.1. The smallest absolute Gasteiger partial charge is 0.130 e. The van der Waals surface area contributed by atoms with Crippen LogP contribution < -0.4 is 0 Å². The zero-order valence-corrected chi connectivity index (χ0v) is 6.86. The molecule has 1 aromatic heterocycles. The van der Waals surface area contributed by atoms with Crippen LogP contribution in [0.2, 0.25) is 0 Å². The van der Waals surface area contributed by atoms with Crippen LogP contribution in [0, 0.1) is 0 Å². The van der Waals surface area contributed by atoms with Crippen molar-refractivity contribution in [2.75, 3.05) is 0 Å². The van der Waals surface area contributed by atoms with Crippen molar-refractivity contribution in [3.63, 3.8) is 0 Å². The van der Waals surface area contributed by atoms with Gasteiger partial charge in [-0.15, -0.1) is 0 Å². The third kappa shape index (κ3) is 0.951. The van der Waals surface area contributed by atoms with Gasteiger partial charge in [0, 0.05) is 12.4 Å². The summed E-state index contributed by atoms with van der Waals surface area (Å²) in [5.74, 6) is 0. The molecule has 2 rings (SSSR count). The quantitative estimate of drug-likeness (QED) is 0.618. The number of hydrogen-bond donors (Lipinski definition) is 0. The fraction of sp³-hybridized carbons (Fsp3) is 0.400. The SMILES string of the molecule is O=CC1(c2ccncc2)CCC1. The van der Waals surface area contributed by atoms with Crippen molar-refractivity contribution in [2.24, 2.45) is 0 Å². The average Bonchev–Trinajstić information content (AvgIpc) is 2.05. The molecule has 0 N–H and O–H groups in total. The second-order valence-corrected chi connectivity index (χ2v) is 3.36. The molecule has 1 aliphatic carbocycles. The summed E-state index contributed by atoms with van der Waals surface area (Å²) in [6.07, 6.45) is 7.76. The maximum absolute atomic E-state index is 10.9. The van der Waals surface area contributed by atoms with E-state index >= 15 is 0 Å². The van der Waals surface area contributed by atoms with E-state index in [4.69, 9.17) is 0 Å². The van der Waals surface area contributed by atoms with Crippen LogP contribution in [-0.2, 0) is 10.2 Å². The first-order chi connectivity index (χ1) is 5.87. The molecule has 0 atom stereocenters. The highest BCUT2D eigenvalue weighted by Crippen LogP contribution is 2.41. The van der Waals surface area contributed by atoms with Gasteiger partial charge in [-0.2, -0.15) is 0 Å². The summed E-state index contributed by atoms with van der Waals surface area (Å²) in [4.78, 5) is 14.8. The summed E-state index contributed by atoms with van der Waals surface area (Å²) in [5, 5.41) is 0. The van der Waals surface area contributed by atoms with Crippen molar-refractivity contribution in [3.05, 3.63) is 30.1 Å². The monoisotopic (exact) mass is 161 g/mol. The van der Waals surface area contributed by atoms with E-state index in [2.05, 4.69) is 4.98 Å². The van der Waals surface area contributed by atoms with E-state index in [0.717, 1.165) is 24.7 Å². The largest absolute Gasteiger partial charge is 0.302 e. The Kier molecular flexibility index (Phi) is 1.68. The molecule has 0 amide bonds. The molecule has 1 fully saturated rings. The van der Waals surface area contributed by atoms with Crippen LogP contribution in [0.4, 0.5) is 0 Å². The molecule has 2 nitrogen and oxygen atoms in total. The lowest BCUT2D eigenvalue weighted by molar-refractivity contribution is -0.115. The van der Waals surface area contributed by atoms with E-state index in [9.17, 15) is 4.79 Å². The Labute approximate surface area is 71.6 Å². The second kappa shape index (κ2) is 2.70. The van der Waals surface area contributed by atoms with Gasteiger partial charge in [0.2, 0.25) is 0 Å². The van der Waals surface area contributed by atoms with Crippen molar-refractivity contribution >= 4 is 6.29 Å². The molecule has 0 aromatic carbocycles. The van der Waals surface area contributed by atoms with E-state index < -0.39 is 0 Å². The predicted octanol–water partition coefficient (Wildman–Crippen LogP) is 1.70. The second-order valence-electron chi connectivity index (χ2n) is 3.36. The lowest BCUT2D eigenvalue weighted by Gasteiger charge is -2.36. The van der Waals surface area contributed by atoms with Gasteiger partial charge in [-0.05, 0) is 30.5 Å². The molecular formula is C10H11NO. The first-order valence-electron chi connectivity index (χ1n) is 4.24. The van der Waals surface area contributed by atoms with Crippen molar-refractivity contribution in [1.29, 1.82) is 0 Å². The normalized spacial score (nSPS) is 19.7. The zero-order chi connectivity index (χ0) is 8.44. The maximum atomic E-state index is 10.9. The third-order valence-corrected chi connectivity index (χ3v) is 2.73. The van der Waals surface area contributed by atoms with Gasteiger partial charge in [-0.1, -0.05) is 6.42 Å². The zero-order valence-electron chi connectivity index (χ0n) is 6.86. The van der Waals surface area contributed by atoms with Crippen molar-refractivity contribution in [1.82, 2.24) is 4.98 Å². The minimum atomic E-state index is -0.164. The summed E-state index contributed by atoms with van der Waals surface area (Å²) in [5.41, 5.74) is 0.960. The molecule has 1 aromatic rings. The highest BCUT2D eigenvalue weighted by molar-refractivity contribution is 5.70. The lowest BCUT2D eigenvalue weighted by Crippen LogP contribution is -2.35. The number of carbonyl (C=O) groups is 1. The van der Waals surface area contributed by atoms with E-state index in [0.29, 0.717) is 0 Å². The molecule has 0 unspecified atom stereocenters. The van der Waals surface area contributed by atoms with Gasteiger partial charge >= 0.3 is 0 Å². The van der Waals surface area contributed by atoms with E-state index in [1.165, 1.54) is 6.42 Å². The van der Waals surface area contributed by atoms with Gasteiger partial charge in [0.15, 0.2) is 0 Å². The van der Waals surface area contributed by atoms with E-state index in [1.54, 1.807) is 12.4 Å². The van der Waals surface area contributed by atoms with Crippen LogP contribution in [0.3, 0.4) is 0 Å². The fourth-order valence-electron chi connectivity index (χ4n) is 1.72. The molecule has 12 heavy (non-hydrogen) atoms. The number of pyridine rings is 1. The van der Waals surface area contributed by atoms with E-state index in [-0.39, 0.29) is 5.41 Å². The van der Waals surface area contributed by atoms with Crippen molar-refractivity contribution in [2.45, 2.75) is 24.7 Å². The third-order valence-electron chi connectivity index (χ3n) is 2.73. The summed E-state index contributed by atoms with van der Waals surface area (Å²) in [6, 6.07) is 3.88. The minimum Gasteiger partial charge on any atom is -0.302 e. The average molecular weight is 161 g/mol. The molecule has 0 bridgehead atoms. The summed E-state index contributed by atoms with van der Waals surface area (Å²) < 4.78 is 0. The summed E-state index contributed by atoms with van der Waals surface area (Å²) >= 11 is 0. The fourth-order valence-corrected chi connectivity index (χ4v) is 1.72. The Morgan fingerprint density at radius 2 is 2.00 bits per heavy atom. The first kappa shape index (κ1) is 7.47. The summed E-state index contributed by atoms with van der Waals surface area (Å²) in [6.45, 7) is 0. The Balaban J connectivity index is 2.34. The van der Waals surface area contributed by atoms with Crippen LogP contribution in [0.1, 0.15) is 24.8 Å². The minimum absolute atomic E-state index is 0.164. The van der Waals surface area contributed by atoms with E-state index in [1.807, 2.05) is 12.1 Å². The van der Waals surface area contributed by atoms with Gasteiger partial charge in [0.1, 0.15) is 6.29 Å². The molecule has 0 aliphatic heterocycles. The Morgan fingerprint density at radius 1 is 1.33 bits per heavy atom. The highest BCUT2D eigenvalue weighted by Gasteiger charge is 2.38. The number of hydrogen-bond acceptors (Lipinski definition) is 2. The lowest BCUT2D eigenvalue weighted by atomic mass is 9.66. The Hall–Kier alpha value is -1.18. The molecular weight excluding hydrogens is 150 g/mol. The standard InChI is InChI=1S/C10H11NO/c12-8-10(4-1-5-10)9-2-6-11-7-3-9/h2-3,6-8H,1,4-5H2. The summed E-state index contributed by atoms with van der Waals surface area (Å²) in [7, 11) is 0. The Morgan fingerprint density at radius 3 is 2.42 bits per heavy atom. The van der Waals surface area contributed by atoms with Gasteiger partial charge in [-0.3, -0.25) is 4.98 Å². The van der Waals surface area contributed by atoms with Crippen LogP contribution in [0.25, 0.3) is 0 Å².